The van der Waals surface area contributed by atoms with E-state index in [1.807, 2.05) is 0 Å². The summed E-state index contributed by atoms with van der Waals surface area (Å²) in [6, 6.07) is 0. The van der Waals surface area contributed by atoms with Crippen LogP contribution in [-0.2, 0) is 4.79 Å². The molecule has 1 nitrogen and oxygen atoms in total. The SMILES string of the molecule is CC(C)=CCCC(=O)C1CCC2C3CCC4CCCCC4(C)C3CCC12C. The number of hydrogen-bond acceptors (Lipinski definition) is 1. The Morgan fingerprint density at radius 3 is 2.44 bits per heavy atom. The smallest absolute Gasteiger partial charge is 0.136 e. The number of ketones is 1. The van der Waals surface area contributed by atoms with Gasteiger partial charge in [-0.2, -0.15) is 0 Å². The molecule has 0 heterocycles. The molecule has 0 bridgehead atoms. The monoisotopic (exact) mass is 370 g/mol. The van der Waals surface area contributed by atoms with Crippen LogP contribution in [0.4, 0.5) is 0 Å². The zero-order chi connectivity index (χ0) is 19.2. The fourth-order valence-corrected chi connectivity index (χ4v) is 8.50. The van der Waals surface area contributed by atoms with E-state index in [2.05, 4.69) is 33.8 Å². The van der Waals surface area contributed by atoms with Crippen molar-refractivity contribution in [3.05, 3.63) is 11.6 Å². The van der Waals surface area contributed by atoms with E-state index >= 15 is 0 Å². The normalized spacial score (nSPS) is 46.1. The standard InChI is InChI=1S/C26H42O/c1-18(2)8-7-10-24(27)23-14-13-21-20-12-11-19-9-5-6-16-25(19,3)22(20)15-17-26(21,23)4/h8,19-23H,5-7,9-17H2,1-4H3. The van der Waals surface area contributed by atoms with Gasteiger partial charge in [0.15, 0.2) is 0 Å². The molecule has 1 heteroatoms. The van der Waals surface area contributed by atoms with E-state index in [4.69, 9.17) is 0 Å². The second kappa shape index (κ2) is 7.34. The summed E-state index contributed by atoms with van der Waals surface area (Å²) in [6.07, 6.45) is 18.0. The summed E-state index contributed by atoms with van der Waals surface area (Å²) in [5.74, 6) is 4.63. The van der Waals surface area contributed by atoms with Crippen molar-refractivity contribution in [2.24, 2.45) is 40.4 Å². The first kappa shape index (κ1) is 19.7. The zero-order valence-corrected chi connectivity index (χ0v) is 18.4. The predicted molar refractivity (Wildman–Crippen MR) is 114 cm³/mol. The van der Waals surface area contributed by atoms with Crippen LogP contribution in [0.5, 0.6) is 0 Å². The molecule has 0 spiro atoms. The highest BCUT2D eigenvalue weighted by Crippen LogP contribution is 2.67. The number of hydrogen-bond donors (Lipinski definition) is 0. The number of carbonyl (C=O) groups is 1. The molecule has 4 aliphatic rings. The maximum Gasteiger partial charge on any atom is 0.136 e. The Morgan fingerprint density at radius 2 is 1.67 bits per heavy atom. The lowest BCUT2D eigenvalue weighted by atomic mass is 9.45. The highest BCUT2D eigenvalue weighted by Gasteiger charge is 2.60. The van der Waals surface area contributed by atoms with Gasteiger partial charge in [0.05, 0.1) is 0 Å². The summed E-state index contributed by atoms with van der Waals surface area (Å²) in [7, 11) is 0. The van der Waals surface area contributed by atoms with Gasteiger partial charge < -0.3 is 0 Å². The third-order valence-corrected chi connectivity index (χ3v) is 9.92. The van der Waals surface area contributed by atoms with Gasteiger partial charge in [0.25, 0.3) is 0 Å². The Kier molecular flexibility index (Phi) is 5.36. The Balaban J connectivity index is 1.49. The van der Waals surface area contributed by atoms with Crippen molar-refractivity contribution >= 4 is 5.78 Å². The minimum absolute atomic E-state index is 0.307. The fourth-order valence-electron chi connectivity index (χ4n) is 8.50. The van der Waals surface area contributed by atoms with Crippen molar-refractivity contribution in [3.8, 4) is 0 Å². The van der Waals surface area contributed by atoms with Gasteiger partial charge in [-0.15, -0.1) is 0 Å². The highest BCUT2D eigenvalue weighted by atomic mass is 16.1. The fraction of sp³-hybridized carbons (Fsp3) is 0.885. The van der Waals surface area contributed by atoms with Gasteiger partial charge >= 0.3 is 0 Å². The second-order valence-corrected chi connectivity index (χ2v) is 11.4. The molecule has 4 fully saturated rings. The molecule has 4 rings (SSSR count). The summed E-state index contributed by atoms with van der Waals surface area (Å²) >= 11 is 0. The summed E-state index contributed by atoms with van der Waals surface area (Å²) in [6.45, 7) is 9.45. The first-order valence-corrected chi connectivity index (χ1v) is 12.0. The van der Waals surface area contributed by atoms with Crippen molar-refractivity contribution in [2.75, 3.05) is 0 Å². The summed E-state index contributed by atoms with van der Waals surface area (Å²) in [4.78, 5) is 13.1. The first-order valence-electron chi connectivity index (χ1n) is 12.0. The lowest BCUT2D eigenvalue weighted by Gasteiger charge is -2.60. The molecule has 0 aromatic rings. The lowest BCUT2D eigenvalue weighted by molar-refractivity contribution is -0.135. The van der Waals surface area contributed by atoms with E-state index in [9.17, 15) is 4.79 Å². The van der Waals surface area contributed by atoms with Crippen LogP contribution in [0.1, 0.15) is 105 Å². The molecule has 0 aliphatic heterocycles. The quantitative estimate of drug-likeness (QED) is 0.473. The number of Topliss-reactive ketones (excluding diaryl/α,β-unsaturated/α-hetero) is 1. The molecule has 0 saturated heterocycles. The molecule has 0 aromatic heterocycles. The largest absolute Gasteiger partial charge is 0.299 e. The maximum atomic E-state index is 13.1. The van der Waals surface area contributed by atoms with Gasteiger partial charge in [0.1, 0.15) is 5.78 Å². The van der Waals surface area contributed by atoms with E-state index < -0.39 is 0 Å². The number of rotatable bonds is 4. The number of carbonyl (C=O) groups excluding carboxylic acids is 1. The van der Waals surface area contributed by atoms with Crippen LogP contribution in [0.3, 0.4) is 0 Å². The Hall–Kier alpha value is -0.590. The zero-order valence-electron chi connectivity index (χ0n) is 18.4. The molecule has 0 amide bonds. The molecule has 4 saturated carbocycles. The van der Waals surface area contributed by atoms with Crippen LogP contribution in [-0.4, -0.2) is 5.78 Å². The molecule has 0 N–H and O–H groups in total. The Labute approximate surface area is 167 Å². The van der Waals surface area contributed by atoms with Crippen molar-refractivity contribution in [1.82, 2.24) is 0 Å². The van der Waals surface area contributed by atoms with E-state index in [0.717, 1.165) is 36.5 Å². The van der Waals surface area contributed by atoms with E-state index in [1.54, 1.807) is 0 Å². The van der Waals surface area contributed by atoms with Crippen LogP contribution in [0.2, 0.25) is 0 Å². The van der Waals surface area contributed by atoms with E-state index in [-0.39, 0.29) is 0 Å². The molecule has 0 aromatic carbocycles. The number of fused-ring (bicyclic) bond motifs is 5. The lowest BCUT2D eigenvalue weighted by Crippen LogP contribution is -2.53. The first-order chi connectivity index (χ1) is 12.9. The van der Waals surface area contributed by atoms with Gasteiger partial charge in [-0.25, -0.2) is 0 Å². The van der Waals surface area contributed by atoms with Gasteiger partial charge in [0.2, 0.25) is 0 Å². The van der Waals surface area contributed by atoms with Crippen LogP contribution in [0.25, 0.3) is 0 Å². The van der Waals surface area contributed by atoms with Gasteiger partial charge in [-0.05, 0) is 106 Å². The summed E-state index contributed by atoms with van der Waals surface area (Å²) in [5, 5.41) is 0. The van der Waals surface area contributed by atoms with Gasteiger partial charge in [0, 0.05) is 12.3 Å². The Morgan fingerprint density at radius 1 is 0.889 bits per heavy atom. The molecular weight excluding hydrogens is 328 g/mol. The molecule has 0 radical (unpaired) electrons. The molecular formula is C26H42O. The van der Waals surface area contributed by atoms with Crippen molar-refractivity contribution < 1.29 is 4.79 Å². The summed E-state index contributed by atoms with van der Waals surface area (Å²) < 4.78 is 0. The van der Waals surface area contributed by atoms with Crippen LogP contribution in [0, 0.1) is 40.4 Å². The highest BCUT2D eigenvalue weighted by molar-refractivity contribution is 5.82. The average Bonchev–Trinajstić information content (AvgIpc) is 2.98. The topological polar surface area (TPSA) is 17.1 Å². The minimum atomic E-state index is 0.307. The van der Waals surface area contributed by atoms with Crippen LogP contribution >= 0.6 is 0 Å². The maximum absolute atomic E-state index is 13.1. The van der Waals surface area contributed by atoms with Crippen LogP contribution in [0.15, 0.2) is 11.6 Å². The third kappa shape index (κ3) is 3.25. The molecule has 4 aliphatic carbocycles. The Bertz CT molecular complexity index is 599. The summed E-state index contributed by atoms with van der Waals surface area (Å²) in [5.41, 5.74) is 2.27. The van der Waals surface area contributed by atoms with Crippen molar-refractivity contribution in [1.29, 1.82) is 0 Å². The van der Waals surface area contributed by atoms with Crippen molar-refractivity contribution in [2.45, 2.75) is 105 Å². The predicted octanol–water partition coefficient (Wildman–Crippen LogP) is 7.35. The molecule has 152 valence electrons. The second-order valence-electron chi connectivity index (χ2n) is 11.4. The molecule has 7 unspecified atom stereocenters. The van der Waals surface area contributed by atoms with E-state index in [0.29, 0.717) is 22.5 Å². The van der Waals surface area contributed by atoms with Crippen LogP contribution < -0.4 is 0 Å². The molecule has 7 atom stereocenters. The third-order valence-electron chi connectivity index (χ3n) is 9.92. The molecule has 27 heavy (non-hydrogen) atoms. The van der Waals surface area contributed by atoms with Gasteiger partial charge in [-0.3, -0.25) is 4.79 Å². The van der Waals surface area contributed by atoms with Gasteiger partial charge in [-0.1, -0.05) is 38.3 Å². The average molecular weight is 371 g/mol. The number of allylic oxidation sites excluding steroid dienone is 2. The van der Waals surface area contributed by atoms with Crippen molar-refractivity contribution in [3.63, 3.8) is 0 Å². The minimum Gasteiger partial charge on any atom is -0.299 e. The van der Waals surface area contributed by atoms with E-state index in [1.165, 1.54) is 69.8 Å².